The van der Waals surface area contributed by atoms with Gasteiger partial charge in [0.1, 0.15) is 6.07 Å². The Labute approximate surface area is 165 Å². The van der Waals surface area contributed by atoms with E-state index in [9.17, 15) is 9.90 Å². The van der Waals surface area contributed by atoms with Crippen LogP contribution in [0, 0.1) is 11.3 Å². The van der Waals surface area contributed by atoms with E-state index >= 15 is 0 Å². The molecule has 0 aromatic heterocycles. The van der Waals surface area contributed by atoms with Crippen LogP contribution in [0.5, 0.6) is 0 Å². The SMILES string of the molecule is CC(O)(CN1CCc2cc(Br)ccc21)C(=O)Nc1ccc(C#N)c(Cl)c1. The van der Waals surface area contributed by atoms with Crippen LogP contribution in [0.2, 0.25) is 5.02 Å². The minimum atomic E-state index is -1.59. The summed E-state index contributed by atoms with van der Waals surface area (Å²) in [7, 11) is 0. The number of nitrogens with one attached hydrogen (secondary N) is 1. The van der Waals surface area contributed by atoms with Gasteiger partial charge >= 0.3 is 0 Å². The van der Waals surface area contributed by atoms with E-state index in [4.69, 9.17) is 16.9 Å². The molecule has 26 heavy (non-hydrogen) atoms. The average Bonchev–Trinajstić information content (AvgIpc) is 2.96. The van der Waals surface area contributed by atoms with Gasteiger partial charge in [0.05, 0.1) is 17.1 Å². The summed E-state index contributed by atoms with van der Waals surface area (Å²) in [5.41, 5.74) is 1.40. The zero-order chi connectivity index (χ0) is 18.9. The van der Waals surface area contributed by atoms with Gasteiger partial charge in [-0.25, -0.2) is 0 Å². The molecule has 2 aromatic carbocycles. The number of aliphatic hydroxyl groups is 1. The van der Waals surface area contributed by atoms with Crippen molar-refractivity contribution in [1.82, 2.24) is 0 Å². The molecule has 1 amide bonds. The van der Waals surface area contributed by atoms with Gasteiger partial charge in [-0.1, -0.05) is 27.5 Å². The Morgan fingerprint density at radius 1 is 1.42 bits per heavy atom. The maximum Gasteiger partial charge on any atom is 0.257 e. The summed E-state index contributed by atoms with van der Waals surface area (Å²) in [6.45, 7) is 2.42. The Hall–Kier alpha value is -2.07. The zero-order valence-corrected chi connectivity index (χ0v) is 16.4. The van der Waals surface area contributed by atoms with Gasteiger partial charge in [0, 0.05) is 22.4 Å². The number of amides is 1. The highest BCUT2D eigenvalue weighted by Gasteiger charge is 2.35. The minimum Gasteiger partial charge on any atom is -0.378 e. The lowest BCUT2D eigenvalue weighted by Crippen LogP contribution is -2.49. The summed E-state index contributed by atoms with van der Waals surface area (Å²) in [5.74, 6) is -0.524. The molecule has 3 rings (SSSR count). The van der Waals surface area contributed by atoms with Gasteiger partial charge in [0.15, 0.2) is 5.60 Å². The van der Waals surface area contributed by atoms with Crippen LogP contribution in [0.4, 0.5) is 11.4 Å². The molecular weight excluding hydrogens is 418 g/mol. The third kappa shape index (κ3) is 3.85. The third-order valence-electron chi connectivity index (χ3n) is 4.37. The van der Waals surface area contributed by atoms with E-state index in [0.717, 1.165) is 23.1 Å². The molecule has 2 aromatic rings. The molecule has 1 aliphatic rings. The summed E-state index contributed by atoms with van der Waals surface area (Å²) in [5, 5.41) is 22.5. The Bertz CT molecular complexity index is 908. The second-order valence-electron chi connectivity index (χ2n) is 6.48. The second kappa shape index (κ2) is 7.28. The monoisotopic (exact) mass is 433 g/mol. The number of halogens is 2. The summed E-state index contributed by atoms with van der Waals surface area (Å²) < 4.78 is 1.01. The topological polar surface area (TPSA) is 76.4 Å². The molecule has 1 unspecified atom stereocenters. The molecule has 0 fully saturated rings. The first kappa shape index (κ1) is 18.7. The van der Waals surface area contributed by atoms with E-state index in [1.165, 1.54) is 24.6 Å². The van der Waals surface area contributed by atoms with Crippen molar-refractivity contribution in [2.75, 3.05) is 23.3 Å². The highest BCUT2D eigenvalue weighted by atomic mass is 79.9. The molecular formula is C19H17BrClN3O2. The summed E-state index contributed by atoms with van der Waals surface area (Å²) >= 11 is 9.44. The molecule has 7 heteroatoms. The Kier molecular flexibility index (Phi) is 5.24. The summed E-state index contributed by atoms with van der Waals surface area (Å²) in [6, 6.07) is 12.6. The number of anilines is 2. The molecule has 0 spiro atoms. The van der Waals surface area contributed by atoms with E-state index in [-0.39, 0.29) is 11.6 Å². The van der Waals surface area contributed by atoms with Crippen molar-refractivity contribution in [1.29, 1.82) is 5.26 Å². The van der Waals surface area contributed by atoms with Crippen molar-refractivity contribution in [2.24, 2.45) is 0 Å². The zero-order valence-electron chi connectivity index (χ0n) is 14.1. The first-order chi connectivity index (χ1) is 12.3. The Morgan fingerprint density at radius 2 is 2.19 bits per heavy atom. The van der Waals surface area contributed by atoms with Gasteiger partial charge in [0.2, 0.25) is 0 Å². The number of nitrogens with zero attached hydrogens (tertiary/aromatic N) is 2. The summed E-state index contributed by atoms with van der Waals surface area (Å²) in [6.07, 6.45) is 0.873. The lowest BCUT2D eigenvalue weighted by atomic mass is 10.0. The minimum absolute atomic E-state index is 0.178. The highest BCUT2D eigenvalue weighted by Crippen LogP contribution is 2.31. The van der Waals surface area contributed by atoms with E-state index in [1.54, 1.807) is 6.07 Å². The Balaban J connectivity index is 1.72. The van der Waals surface area contributed by atoms with E-state index in [1.807, 2.05) is 23.1 Å². The fourth-order valence-electron chi connectivity index (χ4n) is 3.00. The molecule has 2 N–H and O–H groups in total. The summed E-state index contributed by atoms with van der Waals surface area (Å²) in [4.78, 5) is 14.6. The van der Waals surface area contributed by atoms with Gasteiger partial charge in [-0.2, -0.15) is 5.26 Å². The number of β-amino-alcohol motifs (C(OH)–C–C–N with tert-alkyl or cyclic N) is 1. The Morgan fingerprint density at radius 3 is 2.88 bits per heavy atom. The van der Waals surface area contributed by atoms with Crippen LogP contribution >= 0.6 is 27.5 Å². The van der Waals surface area contributed by atoms with Crippen LogP contribution in [-0.2, 0) is 11.2 Å². The van der Waals surface area contributed by atoms with Crippen molar-refractivity contribution >= 4 is 44.8 Å². The molecule has 1 heterocycles. The van der Waals surface area contributed by atoms with Gasteiger partial charge in [0.25, 0.3) is 5.91 Å². The van der Waals surface area contributed by atoms with Crippen molar-refractivity contribution in [3.8, 4) is 6.07 Å². The van der Waals surface area contributed by atoms with Crippen molar-refractivity contribution in [3.05, 3.63) is 57.0 Å². The largest absolute Gasteiger partial charge is 0.378 e. The van der Waals surface area contributed by atoms with Gasteiger partial charge in [-0.3, -0.25) is 4.79 Å². The molecule has 0 bridgehead atoms. The quantitative estimate of drug-likeness (QED) is 0.769. The predicted molar refractivity (Wildman–Crippen MR) is 105 cm³/mol. The number of carbonyl (C=O) groups is 1. The lowest BCUT2D eigenvalue weighted by molar-refractivity contribution is -0.131. The van der Waals surface area contributed by atoms with Crippen LogP contribution in [0.3, 0.4) is 0 Å². The van der Waals surface area contributed by atoms with Crippen molar-refractivity contribution < 1.29 is 9.90 Å². The standard InChI is InChI=1S/C19H17BrClN3O2/c1-19(26,11-24-7-6-12-8-14(20)3-5-17(12)24)18(25)23-15-4-2-13(10-22)16(21)9-15/h2-5,8-9,26H,6-7,11H2,1H3,(H,23,25). The van der Waals surface area contributed by atoms with Crippen LogP contribution in [0.25, 0.3) is 0 Å². The van der Waals surface area contributed by atoms with E-state index < -0.39 is 11.5 Å². The van der Waals surface area contributed by atoms with Crippen LogP contribution in [-0.4, -0.2) is 29.7 Å². The van der Waals surface area contributed by atoms with Crippen molar-refractivity contribution in [3.63, 3.8) is 0 Å². The molecule has 1 aliphatic heterocycles. The average molecular weight is 435 g/mol. The van der Waals surface area contributed by atoms with Crippen LogP contribution in [0.15, 0.2) is 40.9 Å². The molecule has 5 nitrogen and oxygen atoms in total. The van der Waals surface area contributed by atoms with Crippen LogP contribution in [0.1, 0.15) is 18.1 Å². The van der Waals surface area contributed by atoms with E-state index in [2.05, 4.69) is 27.3 Å². The number of hydrogen-bond donors (Lipinski definition) is 2. The maximum atomic E-state index is 12.6. The van der Waals surface area contributed by atoms with E-state index in [0.29, 0.717) is 11.3 Å². The van der Waals surface area contributed by atoms with Gasteiger partial charge in [-0.05, 0) is 55.3 Å². The fourth-order valence-corrected chi connectivity index (χ4v) is 3.63. The smallest absolute Gasteiger partial charge is 0.257 e. The number of carbonyl (C=O) groups excluding carboxylic acids is 1. The number of hydrogen-bond acceptors (Lipinski definition) is 4. The number of nitriles is 1. The fraction of sp³-hybridized carbons (Fsp3) is 0.263. The normalized spacial score (nSPS) is 15.1. The second-order valence-corrected chi connectivity index (χ2v) is 7.80. The lowest BCUT2D eigenvalue weighted by Gasteiger charge is -2.29. The van der Waals surface area contributed by atoms with Gasteiger partial charge < -0.3 is 15.3 Å². The first-order valence-corrected chi connectivity index (χ1v) is 9.24. The molecule has 0 aliphatic carbocycles. The van der Waals surface area contributed by atoms with Crippen LogP contribution < -0.4 is 10.2 Å². The van der Waals surface area contributed by atoms with Gasteiger partial charge in [-0.15, -0.1) is 0 Å². The van der Waals surface area contributed by atoms with Crippen molar-refractivity contribution in [2.45, 2.75) is 18.9 Å². The highest BCUT2D eigenvalue weighted by molar-refractivity contribution is 9.10. The molecule has 134 valence electrons. The molecule has 1 atom stereocenters. The number of rotatable bonds is 4. The number of fused-ring (bicyclic) bond motifs is 1. The maximum absolute atomic E-state index is 12.6. The third-order valence-corrected chi connectivity index (χ3v) is 5.17. The molecule has 0 saturated carbocycles. The molecule has 0 saturated heterocycles. The predicted octanol–water partition coefficient (Wildman–Crippen LogP) is 3.73. The number of benzene rings is 2. The molecule has 0 radical (unpaired) electrons. The first-order valence-electron chi connectivity index (χ1n) is 8.07.